The van der Waals surface area contributed by atoms with E-state index in [1.807, 2.05) is 26.2 Å². The molecule has 1 aromatic heterocycles. The van der Waals surface area contributed by atoms with Gasteiger partial charge < -0.3 is 15.1 Å². The number of nitrogens with zero attached hydrogens (tertiary/aromatic N) is 1. The Hall–Kier alpha value is -1.33. The standard InChI is InChI=1S/C14H23N3O2/c1-10-7-15-8-11(10)14(18)16-9-12(17(2)3)13-5-4-6-19-13/h4-6,10-12,15H,7-9H2,1-3H3,(H,16,18)/t10-,11-,12?/m1/s1. The third-order valence-corrected chi connectivity index (χ3v) is 3.82. The average Bonchev–Trinajstić information content (AvgIpc) is 3.00. The van der Waals surface area contributed by atoms with Gasteiger partial charge in [-0.1, -0.05) is 6.92 Å². The molecule has 1 amide bonds. The number of hydrogen-bond donors (Lipinski definition) is 2. The second-order valence-corrected chi connectivity index (χ2v) is 5.48. The lowest BCUT2D eigenvalue weighted by molar-refractivity contribution is -0.125. The number of carbonyl (C=O) groups is 1. The van der Waals surface area contributed by atoms with Crippen LogP contribution in [0.5, 0.6) is 0 Å². The third-order valence-electron chi connectivity index (χ3n) is 3.82. The minimum atomic E-state index is 0.0728. The summed E-state index contributed by atoms with van der Waals surface area (Å²) in [5, 5.41) is 6.30. The van der Waals surface area contributed by atoms with Crippen LogP contribution in [0.25, 0.3) is 0 Å². The Bertz CT molecular complexity index is 403. The summed E-state index contributed by atoms with van der Waals surface area (Å²) in [7, 11) is 3.97. The summed E-state index contributed by atoms with van der Waals surface area (Å²) in [6, 6.07) is 3.89. The highest BCUT2D eigenvalue weighted by Gasteiger charge is 2.30. The maximum Gasteiger partial charge on any atom is 0.224 e. The summed E-state index contributed by atoms with van der Waals surface area (Å²) < 4.78 is 5.43. The fourth-order valence-corrected chi connectivity index (χ4v) is 2.51. The first-order chi connectivity index (χ1) is 9.09. The van der Waals surface area contributed by atoms with Gasteiger partial charge in [-0.25, -0.2) is 0 Å². The predicted octanol–water partition coefficient (Wildman–Crippen LogP) is 0.854. The van der Waals surface area contributed by atoms with Crippen LogP contribution in [0, 0.1) is 11.8 Å². The zero-order chi connectivity index (χ0) is 13.8. The largest absolute Gasteiger partial charge is 0.468 e. The highest BCUT2D eigenvalue weighted by Crippen LogP contribution is 2.19. The molecular formula is C14H23N3O2. The molecule has 0 aromatic carbocycles. The Labute approximate surface area is 114 Å². The Morgan fingerprint density at radius 2 is 2.37 bits per heavy atom. The Morgan fingerprint density at radius 3 is 2.89 bits per heavy atom. The van der Waals surface area contributed by atoms with Crippen molar-refractivity contribution in [2.45, 2.75) is 13.0 Å². The maximum absolute atomic E-state index is 12.2. The highest BCUT2D eigenvalue weighted by molar-refractivity contribution is 5.79. The topological polar surface area (TPSA) is 57.5 Å². The highest BCUT2D eigenvalue weighted by atomic mass is 16.3. The van der Waals surface area contributed by atoms with E-state index >= 15 is 0 Å². The van der Waals surface area contributed by atoms with Crippen molar-refractivity contribution in [1.82, 2.24) is 15.5 Å². The first kappa shape index (κ1) is 14.1. The van der Waals surface area contributed by atoms with Gasteiger partial charge in [0.05, 0.1) is 18.2 Å². The van der Waals surface area contributed by atoms with Gasteiger partial charge in [-0.15, -0.1) is 0 Å². The summed E-state index contributed by atoms with van der Waals surface area (Å²) >= 11 is 0. The number of hydrogen-bond acceptors (Lipinski definition) is 4. The molecule has 2 N–H and O–H groups in total. The zero-order valence-electron chi connectivity index (χ0n) is 11.8. The van der Waals surface area contributed by atoms with Crippen LogP contribution in [-0.4, -0.2) is 44.5 Å². The van der Waals surface area contributed by atoms with Crippen LogP contribution in [-0.2, 0) is 4.79 Å². The number of carbonyl (C=O) groups excluding carboxylic acids is 1. The van der Waals surface area contributed by atoms with Gasteiger partial charge in [0.25, 0.3) is 0 Å². The van der Waals surface area contributed by atoms with Crippen LogP contribution in [0.1, 0.15) is 18.7 Å². The van der Waals surface area contributed by atoms with Crippen LogP contribution >= 0.6 is 0 Å². The first-order valence-electron chi connectivity index (χ1n) is 6.78. The molecule has 0 spiro atoms. The van der Waals surface area contributed by atoms with Gasteiger partial charge in [-0.3, -0.25) is 9.69 Å². The van der Waals surface area contributed by atoms with E-state index in [1.54, 1.807) is 6.26 Å². The molecule has 1 saturated heterocycles. The van der Waals surface area contributed by atoms with E-state index in [-0.39, 0.29) is 17.9 Å². The van der Waals surface area contributed by atoms with E-state index in [0.29, 0.717) is 12.5 Å². The first-order valence-corrected chi connectivity index (χ1v) is 6.78. The molecule has 1 aromatic rings. The molecule has 1 fully saturated rings. The minimum absolute atomic E-state index is 0.0728. The van der Waals surface area contributed by atoms with Gasteiger partial charge in [-0.2, -0.15) is 0 Å². The number of furan rings is 1. The molecule has 19 heavy (non-hydrogen) atoms. The summed E-state index contributed by atoms with van der Waals surface area (Å²) in [6.45, 7) is 4.39. The fraction of sp³-hybridized carbons (Fsp3) is 0.643. The molecule has 0 radical (unpaired) electrons. The molecule has 5 nitrogen and oxygen atoms in total. The number of nitrogens with one attached hydrogen (secondary N) is 2. The minimum Gasteiger partial charge on any atom is -0.468 e. The van der Waals surface area contributed by atoms with Crippen molar-refractivity contribution in [3.63, 3.8) is 0 Å². The van der Waals surface area contributed by atoms with Crippen LogP contribution in [0.2, 0.25) is 0 Å². The summed E-state index contributed by atoms with van der Waals surface area (Å²) in [5.41, 5.74) is 0. The SMILES string of the molecule is C[C@@H]1CNC[C@H]1C(=O)NCC(c1ccco1)N(C)C. The molecular weight excluding hydrogens is 242 g/mol. The van der Waals surface area contributed by atoms with E-state index < -0.39 is 0 Å². The van der Waals surface area contributed by atoms with Gasteiger partial charge in [0.2, 0.25) is 5.91 Å². The van der Waals surface area contributed by atoms with Crippen molar-refractivity contribution in [2.75, 3.05) is 33.7 Å². The van der Waals surface area contributed by atoms with Crippen molar-refractivity contribution in [3.05, 3.63) is 24.2 Å². The van der Waals surface area contributed by atoms with Crippen molar-refractivity contribution in [2.24, 2.45) is 11.8 Å². The number of rotatable bonds is 5. The molecule has 0 bridgehead atoms. The van der Waals surface area contributed by atoms with Crippen molar-refractivity contribution in [3.8, 4) is 0 Å². The monoisotopic (exact) mass is 265 g/mol. The van der Waals surface area contributed by atoms with E-state index in [9.17, 15) is 4.79 Å². The lowest BCUT2D eigenvalue weighted by Crippen LogP contribution is -2.39. The average molecular weight is 265 g/mol. The Morgan fingerprint density at radius 1 is 1.58 bits per heavy atom. The van der Waals surface area contributed by atoms with Gasteiger partial charge in [0.15, 0.2) is 0 Å². The molecule has 1 unspecified atom stereocenters. The smallest absolute Gasteiger partial charge is 0.224 e. The predicted molar refractivity (Wildman–Crippen MR) is 73.7 cm³/mol. The van der Waals surface area contributed by atoms with Crippen molar-refractivity contribution >= 4 is 5.91 Å². The molecule has 2 heterocycles. The van der Waals surface area contributed by atoms with Gasteiger partial charge in [0.1, 0.15) is 5.76 Å². The zero-order valence-corrected chi connectivity index (χ0v) is 11.8. The molecule has 3 atom stereocenters. The molecule has 2 rings (SSSR count). The molecule has 106 valence electrons. The normalized spacial score (nSPS) is 24.6. The Kier molecular flexibility index (Phi) is 4.61. The molecule has 0 saturated carbocycles. The molecule has 1 aliphatic rings. The number of amides is 1. The molecule has 1 aliphatic heterocycles. The maximum atomic E-state index is 12.2. The lowest BCUT2D eigenvalue weighted by atomic mass is 9.97. The quantitative estimate of drug-likeness (QED) is 0.829. The van der Waals surface area contributed by atoms with Crippen LogP contribution in [0.4, 0.5) is 0 Å². The van der Waals surface area contributed by atoms with Crippen molar-refractivity contribution < 1.29 is 9.21 Å². The van der Waals surface area contributed by atoms with Crippen molar-refractivity contribution in [1.29, 1.82) is 0 Å². The summed E-state index contributed by atoms with van der Waals surface area (Å²) in [5.74, 6) is 1.50. The second-order valence-electron chi connectivity index (χ2n) is 5.48. The Balaban J connectivity index is 1.90. The van der Waals surface area contributed by atoms with Crippen LogP contribution < -0.4 is 10.6 Å². The second kappa shape index (κ2) is 6.21. The van der Waals surface area contributed by atoms with E-state index in [1.165, 1.54) is 0 Å². The van der Waals surface area contributed by atoms with Gasteiger partial charge in [0, 0.05) is 13.1 Å². The van der Waals surface area contributed by atoms with Gasteiger partial charge in [-0.05, 0) is 38.7 Å². The van der Waals surface area contributed by atoms with Crippen LogP contribution in [0.3, 0.4) is 0 Å². The lowest BCUT2D eigenvalue weighted by Gasteiger charge is -2.24. The van der Waals surface area contributed by atoms with Gasteiger partial charge >= 0.3 is 0 Å². The van der Waals surface area contributed by atoms with E-state index in [0.717, 1.165) is 18.8 Å². The molecule has 0 aliphatic carbocycles. The van der Waals surface area contributed by atoms with E-state index in [2.05, 4.69) is 22.5 Å². The molecule has 5 heteroatoms. The summed E-state index contributed by atoms with van der Waals surface area (Å²) in [6.07, 6.45) is 1.66. The third kappa shape index (κ3) is 3.36. The fourth-order valence-electron chi connectivity index (χ4n) is 2.51. The van der Waals surface area contributed by atoms with Crippen LogP contribution in [0.15, 0.2) is 22.8 Å². The summed E-state index contributed by atoms with van der Waals surface area (Å²) in [4.78, 5) is 14.2. The van der Waals surface area contributed by atoms with E-state index in [4.69, 9.17) is 4.42 Å². The number of likely N-dealkylation sites (N-methyl/N-ethyl adjacent to an activating group) is 1.